The molecule has 0 saturated carbocycles. The highest BCUT2D eigenvalue weighted by atomic mass is 14.8. The third kappa shape index (κ3) is 1.33. The van der Waals surface area contributed by atoms with E-state index >= 15 is 0 Å². The number of nitrogens with two attached hydrogens (primary N) is 1. The zero-order valence-corrected chi connectivity index (χ0v) is 8.72. The molecule has 16 heavy (non-hydrogen) atoms. The van der Waals surface area contributed by atoms with Crippen LogP contribution in [-0.2, 0) is 6.54 Å². The van der Waals surface area contributed by atoms with Crippen LogP contribution < -0.4 is 5.73 Å². The van der Waals surface area contributed by atoms with Crippen molar-refractivity contribution < 1.29 is 0 Å². The van der Waals surface area contributed by atoms with Crippen molar-refractivity contribution in [1.82, 2.24) is 0 Å². The van der Waals surface area contributed by atoms with Crippen LogP contribution in [0.3, 0.4) is 0 Å². The minimum atomic E-state index is 0.571. The fraction of sp³-hybridized carbons (Fsp3) is 0.0769. The number of allylic oxidation sites excluding steroid dienone is 2. The summed E-state index contributed by atoms with van der Waals surface area (Å²) in [5.41, 5.74) is 11.0. The topological polar surface area (TPSA) is 50.7 Å². The van der Waals surface area contributed by atoms with Crippen LogP contribution in [0.15, 0.2) is 57.8 Å². The van der Waals surface area contributed by atoms with Gasteiger partial charge in [0.2, 0.25) is 0 Å². The van der Waals surface area contributed by atoms with Crippen LogP contribution in [0.25, 0.3) is 0 Å². The lowest BCUT2D eigenvalue weighted by Crippen LogP contribution is -2.03. The minimum Gasteiger partial charge on any atom is -0.326 e. The Labute approximate surface area is 93.7 Å². The molecule has 0 unspecified atom stereocenters. The van der Waals surface area contributed by atoms with E-state index < -0.39 is 0 Å². The van der Waals surface area contributed by atoms with Crippen molar-refractivity contribution >= 4 is 11.9 Å². The van der Waals surface area contributed by atoms with Crippen molar-refractivity contribution in [2.75, 3.05) is 0 Å². The first-order valence-electron chi connectivity index (χ1n) is 5.20. The van der Waals surface area contributed by atoms with Crippen LogP contribution in [0, 0.1) is 0 Å². The smallest absolute Gasteiger partial charge is 0.0797 e. The molecule has 0 bridgehead atoms. The van der Waals surface area contributed by atoms with Gasteiger partial charge in [-0.05, 0) is 5.56 Å². The van der Waals surface area contributed by atoms with Gasteiger partial charge in [0.25, 0.3) is 0 Å². The molecular weight excluding hydrogens is 198 g/mol. The molecule has 0 amide bonds. The molecule has 0 aromatic heterocycles. The van der Waals surface area contributed by atoms with Crippen molar-refractivity contribution in [3.05, 3.63) is 58.9 Å². The molecule has 0 saturated heterocycles. The summed E-state index contributed by atoms with van der Waals surface area (Å²) in [7, 11) is 0. The second kappa shape index (κ2) is 3.54. The molecule has 2 N–H and O–H groups in total. The summed E-state index contributed by atoms with van der Waals surface area (Å²) in [5.74, 6) is 0. The normalized spacial score (nSPS) is 16.9. The van der Waals surface area contributed by atoms with Crippen molar-refractivity contribution in [3.63, 3.8) is 0 Å². The predicted octanol–water partition coefficient (Wildman–Crippen LogP) is 1.80. The highest BCUT2D eigenvalue weighted by molar-refractivity contribution is 6.22. The van der Waals surface area contributed by atoms with Gasteiger partial charge in [0.15, 0.2) is 0 Å². The SMILES string of the molecule is NCc1ccc(C2=NC=C3C=NC=C32)cc1. The van der Waals surface area contributed by atoms with E-state index in [1.165, 1.54) is 0 Å². The van der Waals surface area contributed by atoms with Gasteiger partial charge in [-0.2, -0.15) is 0 Å². The van der Waals surface area contributed by atoms with Gasteiger partial charge in [-0.1, -0.05) is 24.3 Å². The summed E-state index contributed by atoms with van der Waals surface area (Å²) in [6.45, 7) is 0.571. The number of aliphatic imine (C=N–C) groups is 2. The van der Waals surface area contributed by atoms with E-state index in [9.17, 15) is 0 Å². The Kier molecular flexibility index (Phi) is 2.04. The van der Waals surface area contributed by atoms with Crippen LogP contribution in [0.4, 0.5) is 0 Å². The Morgan fingerprint density at radius 3 is 2.62 bits per heavy atom. The summed E-state index contributed by atoms with van der Waals surface area (Å²) >= 11 is 0. The first-order chi connectivity index (χ1) is 7.88. The molecule has 78 valence electrons. The number of benzene rings is 1. The second-order valence-corrected chi connectivity index (χ2v) is 3.78. The lowest BCUT2D eigenvalue weighted by Gasteiger charge is -2.04. The maximum absolute atomic E-state index is 5.57. The van der Waals surface area contributed by atoms with Gasteiger partial charge in [-0.25, -0.2) is 0 Å². The Morgan fingerprint density at radius 1 is 1.06 bits per heavy atom. The molecule has 3 heteroatoms. The van der Waals surface area contributed by atoms with Crippen molar-refractivity contribution in [2.45, 2.75) is 6.54 Å². The Hall–Kier alpha value is -2.00. The first kappa shape index (κ1) is 9.24. The van der Waals surface area contributed by atoms with Crippen LogP contribution in [-0.4, -0.2) is 11.9 Å². The molecule has 2 aliphatic rings. The highest BCUT2D eigenvalue weighted by Crippen LogP contribution is 2.25. The number of rotatable bonds is 2. The Morgan fingerprint density at radius 2 is 1.88 bits per heavy atom. The van der Waals surface area contributed by atoms with E-state index in [0.717, 1.165) is 28.0 Å². The fourth-order valence-corrected chi connectivity index (χ4v) is 1.87. The van der Waals surface area contributed by atoms with Gasteiger partial charge in [0, 0.05) is 41.9 Å². The molecule has 3 nitrogen and oxygen atoms in total. The molecule has 2 aliphatic heterocycles. The average Bonchev–Trinajstić information content (AvgIpc) is 2.91. The summed E-state index contributed by atoms with van der Waals surface area (Å²) in [5, 5.41) is 0. The summed E-state index contributed by atoms with van der Waals surface area (Å²) < 4.78 is 0. The monoisotopic (exact) mass is 209 g/mol. The Bertz CT molecular complexity index is 545. The van der Waals surface area contributed by atoms with Gasteiger partial charge in [-0.3, -0.25) is 9.98 Å². The van der Waals surface area contributed by atoms with Gasteiger partial charge in [0.05, 0.1) is 5.71 Å². The molecule has 1 aromatic carbocycles. The number of fused-ring (bicyclic) bond motifs is 1. The Balaban J connectivity index is 1.95. The minimum absolute atomic E-state index is 0.571. The quantitative estimate of drug-likeness (QED) is 0.793. The third-order valence-corrected chi connectivity index (χ3v) is 2.78. The maximum Gasteiger partial charge on any atom is 0.0797 e. The lowest BCUT2D eigenvalue weighted by molar-refractivity contribution is 1.07. The van der Waals surface area contributed by atoms with E-state index in [1.807, 2.05) is 30.7 Å². The molecular formula is C13H11N3. The summed E-state index contributed by atoms with van der Waals surface area (Å²) in [4.78, 5) is 8.53. The maximum atomic E-state index is 5.57. The lowest BCUT2D eigenvalue weighted by atomic mass is 10.00. The van der Waals surface area contributed by atoms with Crippen LogP contribution >= 0.6 is 0 Å². The van der Waals surface area contributed by atoms with E-state index in [0.29, 0.717) is 6.54 Å². The summed E-state index contributed by atoms with van der Waals surface area (Å²) in [6, 6.07) is 8.17. The average molecular weight is 209 g/mol. The third-order valence-electron chi connectivity index (χ3n) is 2.78. The fourth-order valence-electron chi connectivity index (χ4n) is 1.87. The van der Waals surface area contributed by atoms with Gasteiger partial charge in [-0.15, -0.1) is 0 Å². The first-order valence-corrected chi connectivity index (χ1v) is 5.20. The van der Waals surface area contributed by atoms with Crippen molar-refractivity contribution in [2.24, 2.45) is 15.7 Å². The zero-order valence-electron chi connectivity index (χ0n) is 8.72. The van der Waals surface area contributed by atoms with Gasteiger partial charge in [0.1, 0.15) is 0 Å². The van der Waals surface area contributed by atoms with Gasteiger partial charge >= 0.3 is 0 Å². The number of hydrogen-bond donors (Lipinski definition) is 1. The molecule has 0 aliphatic carbocycles. The predicted molar refractivity (Wildman–Crippen MR) is 65.5 cm³/mol. The van der Waals surface area contributed by atoms with Crippen LogP contribution in [0.2, 0.25) is 0 Å². The second-order valence-electron chi connectivity index (χ2n) is 3.78. The number of hydrogen-bond acceptors (Lipinski definition) is 3. The molecule has 3 rings (SSSR count). The van der Waals surface area contributed by atoms with Crippen molar-refractivity contribution in [3.8, 4) is 0 Å². The molecule has 0 radical (unpaired) electrons. The largest absolute Gasteiger partial charge is 0.326 e. The van der Waals surface area contributed by atoms with Crippen LogP contribution in [0.5, 0.6) is 0 Å². The molecule has 0 atom stereocenters. The standard InChI is InChI=1S/C13H11N3/c14-5-9-1-3-10(4-2-9)13-12-8-15-6-11(12)7-16-13/h1-4,6-8H,5,14H2. The van der Waals surface area contributed by atoms with E-state index in [1.54, 1.807) is 0 Å². The highest BCUT2D eigenvalue weighted by Gasteiger charge is 2.20. The molecule has 0 fully saturated rings. The van der Waals surface area contributed by atoms with Gasteiger partial charge < -0.3 is 5.73 Å². The molecule has 1 aromatic rings. The molecule has 0 spiro atoms. The zero-order chi connectivity index (χ0) is 11.0. The van der Waals surface area contributed by atoms with E-state index in [2.05, 4.69) is 22.1 Å². The van der Waals surface area contributed by atoms with Crippen LogP contribution in [0.1, 0.15) is 11.1 Å². The summed E-state index contributed by atoms with van der Waals surface area (Å²) in [6.07, 6.45) is 5.54. The van der Waals surface area contributed by atoms with E-state index in [-0.39, 0.29) is 0 Å². The van der Waals surface area contributed by atoms with E-state index in [4.69, 9.17) is 5.73 Å². The molecule has 2 heterocycles. The number of nitrogens with zero attached hydrogens (tertiary/aromatic N) is 2. The van der Waals surface area contributed by atoms with Crippen molar-refractivity contribution in [1.29, 1.82) is 0 Å².